The fourth-order valence-corrected chi connectivity index (χ4v) is 2.31. The summed E-state index contributed by atoms with van der Waals surface area (Å²) in [5.41, 5.74) is 0. The van der Waals surface area contributed by atoms with Crippen molar-refractivity contribution < 1.29 is 22.7 Å². The predicted octanol–water partition coefficient (Wildman–Crippen LogP) is 2.00. The Morgan fingerprint density at radius 2 is 2.12 bits per heavy atom. The van der Waals surface area contributed by atoms with Crippen LogP contribution < -0.4 is 5.32 Å². The van der Waals surface area contributed by atoms with Gasteiger partial charge < -0.3 is 10.1 Å². The quantitative estimate of drug-likeness (QED) is 0.807. The molecule has 0 aromatic rings. The van der Waals surface area contributed by atoms with E-state index in [4.69, 9.17) is 0 Å². The first kappa shape index (κ1) is 13.8. The van der Waals surface area contributed by atoms with E-state index in [9.17, 15) is 18.0 Å². The summed E-state index contributed by atoms with van der Waals surface area (Å²) in [7, 11) is 0. The van der Waals surface area contributed by atoms with Gasteiger partial charge in [0, 0.05) is 10.9 Å². The molecule has 1 fully saturated rings. The fourth-order valence-electron chi connectivity index (χ4n) is 1.59. The minimum atomic E-state index is -4.38. The molecule has 0 heterocycles. The molecule has 2 unspecified atom stereocenters. The fraction of sp³-hybridized carbons (Fsp3) is 0.889. The van der Waals surface area contributed by atoms with Gasteiger partial charge in [0.15, 0.2) is 0 Å². The normalized spacial score (nSPS) is 25.8. The zero-order chi connectivity index (χ0) is 12.2. The maximum atomic E-state index is 11.7. The highest BCUT2D eigenvalue weighted by atomic mass is 79.9. The standard InChI is InChI=1S/C9H13BrF3NO2/c10-6-2-1-3-7(6)14-8(15)4-16-5-9(11,12)13/h6-7H,1-5H2,(H,14,15). The highest BCUT2D eigenvalue weighted by molar-refractivity contribution is 9.09. The first-order chi connectivity index (χ1) is 7.38. The molecule has 0 aliphatic heterocycles. The number of ether oxygens (including phenoxy) is 1. The molecule has 1 N–H and O–H groups in total. The minimum Gasteiger partial charge on any atom is -0.362 e. The summed E-state index contributed by atoms with van der Waals surface area (Å²) in [6, 6.07) is 0.00184. The van der Waals surface area contributed by atoms with Gasteiger partial charge in [0.05, 0.1) is 0 Å². The number of hydrogen-bond acceptors (Lipinski definition) is 2. The molecule has 3 nitrogen and oxygen atoms in total. The van der Waals surface area contributed by atoms with Gasteiger partial charge in [-0.15, -0.1) is 0 Å². The average Bonchev–Trinajstić information content (AvgIpc) is 2.49. The summed E-state index contributed by atoms with van der Waals surface area (Å²) in [5, 5.41) is 2.64. The molecule has 16 heavy (non-hydrogen) atoms. The van der Waals surface area contributed by atoms with Crippen molar-refractivity contribution in [3.8, 4) is 0 Å². The Bertz CT molecular complexity index is 247. The second-order valence-electron chi connectivity index (χ2n) is 3.73. The molecule has 0 bridgehead atoms. The van der Waals surface area contributed by atoms with Crippen molar-refractivity contribution in [3.05, 3.63) is 0 Å². The maximum absolute atomic E-state index is 11.7. The summed E-state index contributed by atoms with van der Waals surface area (Å²) in [6.45, 7) is -1.93. The predicted molar refractivity (Wildman–Crippen MR) is 55.4 cm³/mol. The number of carbonyl (C=O) groups excluding carboxylic acids is 1. The summed E-state index contributed by atoms with van der Waals surface area (Å²) in [5.74, 6) is -0.499. The number of nitrogens with one attached hydrogen (secondary N) is 1. The average molecular weight is 304 g/mol. The third-order valence-electron chi connectivity index (χ3n) is 2.28. The Balaban J connectivity index is 2.16. The Kier molecular flexibility index (Phi) is 5.04. The van der Waals surface area contributed by atoms with Gasteiger partial charge in [0.2, 0.25) is 5.91 Å². The first-order valence-corrected chi connectivity index (χ1v) is 5.88. The van der Waals surface area contributed by atoms with E-state index in [2.05, 4.69) is 26.0 Å². The number of rotatable bonds is 4. The van der Waals surface area contributed by atoms with Gasteiger partial charge in [-0.25, -0.2) is 0 Å². The van der Waals surface area contributed by atoms with Crippen LogP contribution >= 0.6 is 15.9 Å². The van der Waals surface area contributed by atoms with E-state index in [0.29, 0.717) is 0 Å². The number of amides is 1. The number of hydrogen-bond donors (Lipinski definition) is 1. The molecule has 0 aromatic heterocycles. The van der Waals surface area contributed by atoms with E-state index in [0.717, 1.165) is 19.3 Å². The number of halogens is 4. The molecule has 1 aliphatic carbocycles. The van der Waals surface area contributed by atoms with Gasteiger partial charge in [-0.1, -0.05) is 22.4 Å². The third-order valence-corrected chi connectivity index (χ3v) is 3.37. The van der Waals surface area contributed by atoms with Crippen LogP contribution in [0.5, 0.6) is 0 Å². The molecule has 1 aliphatic rings. The van der Waals surface area contributed by atoms with Crippen LogP contribution in [0.1, 0.15) is 19.3 Å². The summed E-state index contributed by atoms with van der Waals surface area (Å²) < 4.78 is 39.4. The molecule has 0 saturated heterocycles. The van der Waals surface area contributed by atoms with Crippen molar-refractivity contribution in [1.82, 2.24) is 5.32 Å². The van der Waals surface area contributed by atoms with Crippen LogP contribution in [0.3, 0.4) is 0 Å². The van der Waals surface area contributed by atoms with E-state index in [-0.39, 0.29) is 10.9 Å². The minimum absolute atomic E-state index is 0.00184. The van der Waals surface area contributed by atoms with Gasteiger partial charge >= 0.3 is 6.18 Å². The molecule has 0 spiro atoms. The SMILES string of the molecule is O=C(COCC(F)(F)F)NC1CCCC1Br. The van der Waals surface area contributed by atoms with Gasteiger partial charge in [-0.3, -0.25) is 4.79 Å². The molecule has 1 rings (SSSR count). The molecule has 0 radical (unpaired) electrons. The number of alkyl halides is 4. The van der Waals surface area contributed by atoms with Crippen LogP contribution in [-0.2, 0) is 9.53 Å². The van der Waals surface area contributed by atoms with E-state index in [1.165, 1.54) is 0 Å². The summed E-state index contributed by atoms with van der Waals surface area (Å²) in [6.07, 6.45) is -1.56. The Morgan fingerprint density at radius 1 is 1.44 bits per heavy atom. The third kappa shape index (κ3) is 5.16. The zero-order valence-electron chi connectivity index (χ0n) is 8.52. The maximum Gasteiger partial charge on any atom is 0.411 e. The lowest BCUT2D eigenvalue weighted by Gasteiger charge is -2.16. The van der Waals surface area contributed by atoms with Crippen molar-refractivity contribution >= 4 is 21.8 Å². The number of carbonyl (C=O) groups is 1. The monoisotopic (exact) mass is 303 g/mol. The summed E-state index contributed by atoms with van der Waals surface area (Å²) in [4.78, 5) is 11.4. The molecular weight excluding hydrogens is 291 g/mol. The smallest absolute Gasteiger partial charge is 0.362 e. The van der Waals surface area contributed by atoms with Crippen molar-refractivity contribution in [2.24, 2.45) is 0 Å². The van der Waals surface area contributed by atoms with Gasteiger partial charge in [-0.05, 0) is 12.8 Å². The van der Waals surface area contributed by atoms with Crippen molar-refractivity contribution in [2.75, 3.05) is 13.2 Å². The van der Waals surface area contributed by atoms with Crippen molar-refractivity contribution in [3.63, 3.8) is 0 Å². The molecule has 1 amide bonds. The van der Waals surface area contributed by atoms with Crippen LogP contribution in [-0.4, -0.2) is 36.2 Å². The van der Waals surface area contributed by atoms with Crippen molar-refractivity contribution in [2.45, 2.75) is 36.3 Å². The largest absolute Gasteiger partial charge is 0.411 e. The second-order valence-corrected chi connectivity index (χ2v) is 4.91. The lowest BCUT2D eigenvalue weighted by molar-refractivity contribution is -0.175. The summed E-state index contributed by atoms with van der Waals surface area (Å²) >= 11 is 3.40. The Labute approximate surface area is 99.8 Å². The molecule has 94 valence electrons. The molecule has 7 heteroatoms. The molecule has 2 atom stereocenters. The zero-order valence-corrected chi connectivity index (χ0v) is 10.1. The van der Waals surface area contributed by atoms with Gasteiger partial charge in [0.25, 0.3) is 0 Å². The molecule has 1 saturated carbocycles. The van der Waals surface area contributed by atoms with Gasteiger partial charge in [0.1, 0.15) is 13.2 Å². The lowest BCUT2D eigenvalue weighted by atomic mass is 10.2. The van der Waals surface area contributed by atoms with Crippen LogP contribution in [0.4, 0.5) is 13.2 Å². The lowest BCUT2D eigenvalue weighted by Crippen LogP contribution is -2.40. The van der Waals surface area contributed by atoms with E-state index in [1.807, 2.05) is 0 Å². The Morgan fingerprint density at radius 3 is 2.62 bits per heavy atom. The Hall–Kier alpha value is -0.300. The topological polar surface area (TPSA) is 38.3 Å². The van der Waals surface area contributed by atoms with Crippen molar-refractivity contribution in [1.29, 1.82) is 0 Å². The van der Waals surface area contributed by atoms with Crippen LogP contribution in [0, 0.1) is 0 Å². The van der Waals surface area contributed by atoms with E-state index in [1.54, 1.807) is 0 Å². The van der Waals surface area contributed by atoms with Crippen LogP contribution in [0.25, 0.3) is 0 Å². The van der Waals surface area contributed by atoms with Crippen LogP contribution in [0.15, 0.2) is 0 Å². The highest BCUT2D eigenvalue weighted by Crippen LogP contribution is 2.25. The van der Waals surface area contributed by atoms with E-state index < -0.39 is 25.3 Å². The second kappa shape index (κ2) is 5.86. The molecular formula is C9H13BrF3NO2. The van der Waals surface area contributed by atoms with E-state index >= 15 is 0 Å². The first-order valence-electron chi connectivity index (χ1n) is 4.96. The van der Waals surface area contributed by atoms with Gasteiger partial charge in [-0.2, -0.15) is 13.2 Å². The molecule has 0 aromatic carbocycles. The van der Waals surface area contributed by atoms with Crippen LogP contribution in [0.2, 0.25) is 0 Å². The highest BCUT2D eigenvalue weighted by Gasteiger charge is 2.29.